The Kier molecular flexibility index (Phi) is 4.91. The molecular formula is C19H15F3O3S. The van der Waals surface area contributed by atoms with Gasteiger partial charge in [-0.3, -0.25) is 0 Å². The molecule has 136 valence electrons. The molecule has 3 aromatic rings. The van der Waals surface area contributed by atoms with Gasteiger partial charge in [0, 0.05) is 4.88 Å². The molecule has 2 aromatic carbocycles. The fourth-order valence-corrected chi connectivity index (χ4v) is 3.58. The molecule has 3 nitrogen and oxygen atoms in total. The second-order valence-electron chi connectivity index (χ2n) is 5.69. The van der Waals surface area contributed by atoms with E-state index in [1.807, 2.05) is 19.1 Å². The fourth-order valence-electron chi connectivity index (χ4n) is 2.57. The average Bonchev–Trinajstić information content (AvgIpc) is 2.99. The molecule has 3 rings (SSSR count). The lowest BCUT2D eigenvalue weighted by atomic mass is 10.1. The highest BCUT2D eigenvalue weighted by atomic mass is 32.1. The zero-order valence-electron chi connectivity index (χ0n) is 14.0. The van der Waals surface area contributed by atoms with E-state index in [2.05, 4.69) is 0 Å². The van der Waals surface area contributed by atoms with Crippen LogP contribution in [0.4, 0.5) is 13.2 Å². The van der Waals surface area contributed by atoms with Crippen LogP contribution < -0.4 is 4.74 Å². The van der Waals surface area contributed by atoms with E-state index in [0.29, 0.717) is 11.3 Å². The molecule has 7 heteroatoms. The summed E-state index contributed by atoms with van der Waals surface area (Å²) in [7, 11) is 1.28. The summed E-state index contributed by atoms with van der Waals surface area (Å²) in [6.07, 6.45) is -4.38. The van der Waals surface area contributed by atoms with Gasteiger partial charge in [-0.05, 0) is 42.1 Å². The lowest BCUT2D eigenvalue weighted by Gasteiger charge is -2.12. The van der Waals surface area contributed by atoms with E-state index in [9.17, 15) is 18.0 Å². The zero-order valence-corrected chi connectivity index (χ0v) is 14.8. The number of esters is 1. The fraction of sp³-hybridized carbons (Fsp3) is 0.211. The van der Waals surface area contributed by atoms with Crippen molar-refractivity contribution < 1.29 is 27.4 Å². The molecule has 0 saturated heterocycles. The maximum Gasteiger partial charge on any atom is 0.416 e. The van der Waals surface area contributed by atoms with Crippen molar-refractivity contribution in [3.05, 3.63) is 64.0 Å². The van der Waals surface area contributed by atoms with Gasteiger partial charge in [0.25, 0.3) is 0 Å². The molecule has 0 bridgehead atoms. The summed E-state index contributed by atoms with van der Waals surface area (Å²) < 4.78 is 49.4. The third kappa shape index (κ3) is 3.67. The molecule has 0 amide bonds. The number of aryl methyl sites for hydroxylation is 1. The van der Waals surface area contributed by atoms with Gasteiger partial charge in [0.2, 0.25) is 0 Å². The van der Waals surface area contributed by atoms with Gasteiger partial charge in [-0.1, -0.05) is 18.2 Å². The minimum atomic E-state index is -4.38. The first-order chi connectivity index (χ1) is 12.3. The molecule has 0 N–H and O–H groups in total. The van der Waals surface area contributed by atoms with E-state index >= 15 is 0 Å². The number of hydrogen-bond acceptors (Lipinski definition) is 4. The third-order valence-corrected chi connectivity index (χ3v) is 4.90. The first-order valence-electron chi connectivity index (χ1n) is 7.70. The van der Waals surface area contributed by atoms with E-state index in [1.165, 1.54) is 30.6 Å². The molecule has 26 heavy (non-hydrogen) atoms. The number of benzene rings is 2. The molecule has 1 heterocycles. The molecule has 0 aliphatic carbocycles. The molecule has 0 aliphatic heterocycles. The Morgan fingerprint density at radius 3 is 2.42 bits per heavy atom. The first kappa shape index (κ1) is 18.3. The molecule has 1 aromatic heterocycles. The maximum atomic E-state index is 12.6. The number of carbonyl (C=O) groups excluding carboxylic acids is 1. The largest absolute Gasteiger partial charge is 0.486 e. The summed E-state index contributed by atoms with van der Waals surface area (Å²) in [5, 5.41) is 0.933. The van der Waals surface area contributed by atoms with E-state index in [-0.39, 0.29) is 12.2 Å². The Balaban J connectivity index is 1.91. The number of fused-ring (bicyclic) bond motifs is 1. The molecule has 0 unspecified atom stereocenters. The Hall–Kier alpha value is -2.54. The third-order valence-electron chi connectivity index (χ3n) is 3.83. The van der Waals surface area contributed by atoms with Crippen molar-refractivity contribution in [2.24, 2.45) is 0 Å². The molecule has 0 saturated carbocycles. The van der Waals surface area contributed by atoms with Gasteiger partial charge < -0.3 is 9.47 Å². The second kappa shape index (κ2) is 6.99. The smallest absolute Gasteiger partial charge is 0.416 e. The monoisotopic (exact) mass is 380 g/mol. The number of methoxy groups -OCH3 is 1. The first-order valence-corrected chi connectivity index (χ1v) is 8.51. The minimum Gasteiger partial charge on any atom is -0.486 e. The predicted molar refractivity (Wildman–Crippen MR) is 93.7 cm³/mol. The lowest BCUT2D eigenvalue weighted by molar-refractivity contribution is -0.137. The van der Waals surface area contributed by atoms with Gasteiger partial charge in [-0.25, -0.2) is 4.79 Å². The Labute approximate surface area is 152 Å². The summed E-state index contributed by atoms with van der Waals surface area (Å²) in [5.74, 6) is -0.146. The van der Waals surface area contributed by atoms with Crippen LogP contribution in [0.5, 0.6) is 5.75 Å². The zero-order chi connectivity index (χ0) is 18.9. The van der Waals surface area contributed by atoms with Gasteiger partial charge in [-0.15, -0.1) is 11.3 Å². The summed E-state index contributed by atoms with van der Waals surface area (Å²) in [5.41, 5.74) is 0.139. The van der Waals surface area contributed by atoms with E-state index in [4.69, 9.17) is 9.47 Å². The van der Waals surface area contributed by atoms with Crippen LogP contribution in [-0.2, 0) is 17.5 Å². The van der Waals surface area contributed by atoms with Crippen LogP contribution in [0.25, 0.3) is 10.1 Å². The van der Waals surface area contributed by atoms with Crippen molar-refractivity contribution in [1.82, 2.24) is 0 Å². The van der Waals surface area contributed by atoms with Crippen LogP contribution in [0.15, 0.2) is 42.5 Å². The number of halogens is 3. The summed E-state index contributed by atoms with van der Waals surface area (Å²) in [4.78, 5) is 13.1. The standard InChI is InChI=1S/C19H15F3O3S/c1-11-9-13-5-8-15(18(23)24-2)16(17(13)26-11)25-10-12-3-6-14(7-4-12)19(20,21)22/h3-9H,10H2,1-2H3. The number of rotatable bonds is 4. The summed E-state index contributed by atoms with van der Waals surface area (Å²) in [6, 6.07) is 10.2. The number of ether oxygens (including phenoxy) is 2. The quantitative estimate of drug-likeness (QED) is 0.553. The SMILES string of the molecule is COC(=O)c1ccc2cc(C)sc2c1OCc1ccc(C(F)(F)F)cc1. The number of carbonyl (C=O) groups is 1. The summed E-state index contributed by atoms with van der Waals surface area (Å²) in [6.45, 7) is 1.99. The molecule has 0 aliphatic rings. The molecule has 0 atom stereocenters. The molecule has 0 radical (unpaired) electrons. The maximum absolute atomic E-state index is 12.6. The predicted octanol–water partition coefficient (Wildman–Crippen LogP) is 5.59. The van der Waals surface area contributed by atoms with Gasteiger partial charge >= 0.3 is 12.1 Å². The molecular weight excluding hydrogens is 365 g/mol. The van der Waals surface area contributed by atoms with Crippen LogP contribution in [0.3, 0.4) is 0 Å². The van der Waals surface area contributed by atoms with Crippen molar-refractivity contribution in [1.29, 1.82) is 0 Å². The van der Waals surface area contributed by atoms with Crippen molar-refractivity contribution >= 4 is 27.4 Å². The van der Waals surface area contributed by atoms with Gasteiger partial charge in [0.1, 0.15) is 12.2 Å². The van der Waals surface area contributed by atoms with E-state index < -0.39 is 17.7 Å². The Morgan fingerprint density at radius 2 is 1.81 bits per heavy atom. The van der Waals surface area contributed by atoms with Gasteiger partial charge in [0.15, 0.2) is 5.75 Å². The highest BCUT2D eigenvalue weighted by Gasteiger charge is 2.30. The van der Waals surface area contributed by atoms with Crippen LogP contribution >= 0.6 is 11.3 Å². The van der Waals surface area contributed by atoms with Crippen LogP contribution in [0, 0.1) is 6.92 Å². The van der Waals surface area contributed by atoms with Crippen molar-refractivity contribution in [2.75, 3.05) is 7.11 Å². The highest BCUT2D eigenvalue weighted by Crippen LogP contribution is 2.37. The van der Waals surface area contributed by atoms with Crippen LogP contribution in [0.1, 0.15) is 26.4 Å². The highest BCUT2D eigenvalue weighted by molar-refractivity contribution is 7.19. The molecule has 0 fully saturated rings. The normalized spacial score (nSPS) is 11.6. The van der Waals surface area contributed by atoms with Crippen molar-refractivity contribution in [3.63, 3.8) is 0 Å². The Morgan fingerprint density at radius 1 is 1.12 bits per heavy atom. The number of hydrogen-bond donors (Lipinski definition) is 0. The minimum absolute atomic E-state index is 0.0399. The lowest BCUT2D eigenvalue weighted by Crippen LogP contribution is -2.07. The number of thiophene rings is 1. The van der Waals surface area contributed by atoms with E-state index in [0.717, 1.165) is 27.1 Å². The summed E-state index contributed by atoms with van der Waals surface area (Å²) >= 11 is 1.48. The second-order valence-corrected chi connectivity index (χ2v) is 6.95. The topological polar surface area (TPSA) is 35.5 Å². The van der Waals surface area contributed by atoms with Crippen molar-refractivity contribution in [2.45, 2.75) is 19.7 Å². The Bertz CT molecular complexity index is 943. The van der Waals surface area contributed by atoms with Crippen molar-refractivity contribution in [3.8, 4) is 5.75 Å². The number of alkyl halides is 3. The van der Waals surface area contributed by atoms with Crippen LogP contribution in [-0.4, -0.2) is 13.1 Å². The van der Waals surface area contributed by atoms with E-state index in [1.54, 1.807) is 6.07 Å². The van der Waals surface area contributed by atoms with Crippen LogP contribution in [0.2, 0.25) is 0 Å². The van der Waals surface area contributed by atoms with Gasteiger partial charge in [-0.2, -0.15) is 13.2 Å². The average molecular weight is 380 g/mol. The van der Waals surface area contributed by atoms with Gasteiger partial charge in [0.05, 0.1) is 17.4 Å². The molecule has 0 spiro atoms.